The van der Waals surface area contributed by atoms with Gasteiger partial charge in [-0.2, -0.15) is 5.10 Å². The molecular weight excluding hydrogens is 516 g/mol. The second-order valence-corrected chi connectivity index (χ2v) is 10.7. The van der Waals surface area contributed by atoms with Crippen molar-refractivity contribution < 1.29 is 17.9 Å². The number of aromatic nitrogens is 2. The second-order valence-electron chi connectivity index (χ2n) is 8.84. The molecule has 0 unspecified atom stereocenters. The van der Waals surface area contributed by atoms with Gasteiger partial charge in [-0.15, -0.1) is 0 Å². The molecule has 0 amide bonds. The minimum Gasteiger partial charge on any atom is -0.491 e. The van der Waals surface area contributed by atoms with Crippen LogP contribution in [0, 0.1) is 6.92 Å². The maximum atomic E-state index is 12.3. The van der Waals surface area contributed by atoms with Crippen molar-refractivity contribution in [3.05, 3.63) is 66.2 Å². The van der Waals surface area contributed by atoms with Gasteiger partial charge in [0.25, 0.3) is 0 Å². The van der Waals surface area contributed by atoms with E-state index in [0.29, 0.717) is 53.8 Å². The summed E-state index contributed by atoms with van der Waals surface area (Å²) < 4.78 is 38.2. The Hall–Kier alpha value is -4.22. The molecule has 0 fully saturated rings. The Kier molecular flexibility index (Phi) is 8.95. The quantitative estimate of drug-likeness (QED) is 0.113. The molecular formula is C28H32N6O4S. The van der Waals surface area contributed by atoms with Gasteiger partial charge in [-0.25, -0.2) is 18.4 Å². The van der Waals surface area contributed by atoms with Crippen LogP contribution in [0.1, 0.15) is 18.9 Å². The van der Waals surface area contributed by atoms with E-state index in [1.807, 2.05) is 56.3 Å². The van der Waals surface area contributed by atoms with Crippen molar-refractivity contribution in [3.8, 4) is 17.1 Å². The number of hydrogen-bond donors (Lipinski definition) is 3. The number of nitrogens with zero attached hydrogens (tertiary/aromatic N) is 3. The SMILES string of the molecule is C=NNc1ccc(Nc2nc(-c3cccc(NS(=O)(=O)CCC)c3)nc3ccc(OCCOC)cc23)cc1C. The van der Waals surface area contributed by atoms with Gasteiger partial charge in [0.05, 0.1) is 23.6 Å². The number of benzene rings is 3. The van der Waals surface area contributed by atoms with E-state index >= 15 is 0 Å². The number of sulfonamides is 1. The van der Waals surface area contributed by atoms with Crippen LogP contribution in [0.4, 0.5) is 22.9 Å². The summed E-state index contributed by atoms with van der Waals surface area (Å²) >= 11 is 0. The van der Waals surface area contributed by atoms with Crippen molar-refractivity contribution in [1.82, 2.24) is 9.97 Å². The fourth-order valence-corrected chi connectivity index (χ4v) is 5.10. The molecule has 0 aliphatic heterocycles. The average molecular weight is 549 g/mol. The summed E-state index contributed by atoms with van der Waals surface area (Å²) in [5, 5.41) is 7.92. The van der Waals surface area contributed by atoms with Crippen molar-refractivity contribution in [2.75, 3.05) is 41.5 Å². The summed E-state index contributed by atoms with van der Waals surface area (Å²) in [5.41, 5.74) is 7.34. The number of hydrogen-bond acceptors (Lipinski definition) is 9. The molecule has 39 heavy (non-hydrogen) atoms. The van der Waals surface area contributed by atoms with E-state index in [1.54, 1.807) is 25.3 Å². The highest BCUT2D eigenvalue weighted by Crippen LogP contribution is 2.32. The number of ether oxygens (including phenoxy) is 2. The number of methoxy groups -OCH3 is 1. The molecule has 0 aliphatic carbocycles. The van der Waals surface area contributed by atoms with Gasteiger partial charge in [-0.05, 0) is 67.4 Å². The first-order valence-corrected chi connectivity index (χ1v) is 14.1. The molecule has 204 valence electrons. The van der Waals surface area contributed by atoms with Crippen LogP contribution < -0.4 is 20.2 Å². The molecule has 1 aromatic heterocycles. The predicted octanol–water partition coefficient (Wildman–Crippen LogP) is 5.55. The van der Waals surface area contributed by atoms with Crippen molar-refractivity contribution in [1.29, 1.82) is 0 Å². The summed E-state index contributed by atoms with van der Waals surface area (Å²) in [4.78, 5) is 9.62. The highest BCUT2D eigenvalue weighted by Gasteiger charge is 2.14. The molecule has 0 saturated heterocycles. The van der Waals surface area contributed by atoms with E-state index in [-0.39, 0.29) is 5.75 Å². The Morgan fingerprint density at radius 1 is 1.00 bits per heavy atom. The molecule has 3 aromatic carbocycles. The molecule has 0 saturated carbocycles. The first-order chi connectivity index (χ1) is 18.8. The van der Waals surface area contributed by atoms with E-state index < -0.39 is 10.0 Å². The lowest BCUT2D eigenvalue weighted by molar-refractivity contribution is 0.146. The molecule has 0 bridgehead atoms. The number of anilines is 4. The van der Waals surface area contributed by atoms with Crippen molar-refractivity contribution >= 4 is 50.5 Å². The van der Waals surface area contributed by atoms with E-state index in [2.05, 4.69) is 27.3 Å². The van der Waals surface area contributed by atoms with Gasteiger partial charge < -0.3 is 14.8 Å². The van der Waals surface area contributed by atoms with Crippen molar-refractivity contribution in [2.45, 2.75) is 20.3 Å². The number of fused-ring (bicyclic) bond motifs is 1. The predicted molar refractivity (Wildman–Crippen MR) is 158 cm³/mol. The Morgan fingerprint density at radius 2 is 1.85 bits per heavy atom. The van der Waals surface area contributed by atoms with Crippen molar-refractivity contribution in [2.24, 2.45) is 5.10 Å². The highest BCUT2D eigenvalue weighted by molar-refractivity contribution is 7.92. The number of aryl methyl sites for hydroxylation is 1. The molecule has 0 atom stereocenters. The Labute approximate surface area is 228 Å². The fourth-order valence-electron chi connectivity index (χ4n) is 3.97. The van der Waals surface area contributed by atoms with Crippen LogP contribution in [0.3, 0.4) is 0 Å². The van der Waals surface area contributed by atoms with Gasteiger partial charge in [-0.3, -0.25) is 10.1 Å². The molecule has 1 heterocycles. The highest BCUT2D eigenvalue weighted by atomic mass is 32.2. The van der Waals surface area contributed by atoms with E-state index in [4.69, 9.17) is 19.4 Å². The van der Waals surface area contributed by atoms with Crippen LogP contribution in [0.15, 0.2) is 65.8 Å². The standard InChI is InChI=1S/C28H32N6O4S/c1-5-15-39(35,36)34-22-8-6-7-20(17-22)27-31-26-12-10-23(38-14-13-37-4)18-24(26)28(32-27)30-21-9-11-25(33-29-3)19(2)16-21/h6-12,16-18,33-34H,3,5,13-15H2,1-2,4H3,(H,30,31,32). The third-order valence-electron chi connectivity index (χ3n) is 5.78. The van der Waals surface area contributed by atoms with Crippen LogP contribution in [-0.2, 0) is 14.8 Å². The lowest BCUT2D eigenvalue weighted by Crippen LogP contribution is -2.16. The summed E-state index contributed by atoms with van der Waals surface area (Å²) in [7, 11) is -1.81. The van der Waals surface area contributed by atoms with E-state index in [1.165, 1.54) is 0 Å². The zero-order valence-electron chi connectivity index (χ0n) is 22.2. The first kappa shape index (κ1) is 27.8. The Balaban J connectivity index is 1.76. The first-order valence-electron chi connectivity index (χ1n) is 12.5. The fraction of sp³-hybridized carbons (Fsp3) is 0.250. The lowest BCUT2D eigenvalue weighted by atomic mass is 10.1. The molecule has 11 heteroatoms. The molecule has 4 aromatic rings. The molecule has 0 radical (unpaired) electrons. The zero-order chi connectivity index (χ0) is 27.8. The monoisotopic (exact) mass is 548 g/mol. The smallest absolute Gasteiger partial charge is 0.232 e. The van der Waals surface area contributed by atoms with Gasteiger partial charge in [-0.1, -0.05) is 19.1 Å². The van der Waals surface area contributed by atoms with Crippen LogP contribution in [0.5, 0.6) is 5.75 Å². The van der Waals surface area contributed by atoms with Gasteiger partial charge in [0.15, 0.2) is 5.82 Å². The Morgan fingerprint density at radius 3 is 2.59 bits per heavy atom. The van der Waals surface area contributed by atoms with Gasteiger partial charge >= 0.3 is 0 Å². The largest absolute Gasteiger partial charge is 0.491 e. The number of hydrazone groups is 1. The van der Waals surface area contributed by atoms with Crippen LogP contribution in [0.2, 0.25) is 0 Å². The minimum absolute atomic E-state index is 0.0448. The Bertz CT molecular complexity index is 1580. The molecule has 10 nitrogen and oxygen atoms in total. The van der Waals surface area contributed by atoms with E-state index in [0.717, 1.165) is 22.3 Å². The van der Waals surface area contributed by atoms with Crippen LogP contribution >= 0.6 is 0 Å². The zero-order valence-corrected chi connectivity index (χ0v) is 23.0. The summed E-state index contributed by atoms with van der Waals surface area (Å²) in [6.45, 7) is 8.15. The van der Waals surface area contributed by atoms with Crippen LogP contribution in [-0.4, -0.2) is 51.2 Å². The topological polar surface area (TPSA) is 127 Å². The van der Waals surface area contributed by atoms with Crippen LogP contribution in [0.25, 0.3) is 22.3 Å². The molecule has 4 rings (SSSR count). The van der Waals surface area contributed by atoms with Gasteiger partial charge in [0.2, 0.25) is 10.0 Å². The lowest BCUT2D eigenvalue weighted by Gasteiger charge is -2.14. The number of rotatable bonds is 13. The third-order valence-corrected chi connectivity index (χ3v) is 7.27. The normalized spacial score (nSPS) is 11.3. The summed E-state index contributed by atoms with van der Waals surface area (Å²) in [6.07, 6.45) is 0.523. The average Bonchev–Trinajstić information content (AvgIpc) is 2.90. The van der Waals surface area contributed by atoms with Gasteiger partial charge in [0, 0.05) is 36.2 Å². The van der Waals surface area contributed by atoms with Gasteiger partial charge in [0.1, 0.15) is 18.2 Å². The van der Waals surface area contributed by atoms with E-state index in [9.17, 15) is 8.42 Å². The number of nitrogens with one attached hydrogen (secondary N) is 3. The molecule has 3 N–H and O–H groups in total. The molecule has 0 spiro atoms. The van der Waals surface area contributed by atoms with Crippen molar-refractivity contribution in [3.63, 3.8) is 0 Å². The summed E-state index contributed by atoms with van der Waals surface area (Å²) in [5.74, 6) is 1.73. The summed E-state index contributed by atoms with van der Waals surface area (Å²) in [6, 6.07) is 18.5. The minimum atomic E-state index is -3.44. The second kappa shape index (κ2) is 12.5. The maximum Gasteiger partial charge on any atom is 0.232 e. The molecule has 0 aliphatic rings. The third kappa shape index (κ3) is 7.21. The maximum absolute atomic E-state index is 12.3.